The molecule has 0 heterocycles. The number of methoxy groups -OCH3 is 1. The molecule has 0 amide bonds. The fourth-order valence-corrected chi connectivity index (χ4v) is 2.46. The molecule has 3 nitrogen and oxygen atoms in total. The van der Waals surface area contributed by atoms with E-state index in [4.69, 9.17) is 22.1 Å². The monoisotopic (exact) mass is 259 g/mol. The molecule has 0 saturated heterocycles. The second kappa shape index (κ2) is 4.03. The van der Waals surface area contributed by atoms with Crippen LogP contribution in [0.2, 0.25) is 5.02 Å². The molecule has 5 heteroatoms. The lowest BCUT2D eigenvalue weighted by Gasteiger charge is -2.23. The number of phenolic OH excluding ortho intramolecular Hbond substituents is 1. The third-order valence-electron chi connectivity index (χ3n) is 3.54. The number of halogens is 2. The van der Waals surface area contributed by atoms with Gasteiger partial charge in [-0.05, 0) is 19.8 Å². The average molecular weight is 260 g/mol. The topological polar surface area (TPSA) is 55.5 Å². The van der Waals surface area contributed by atoms with Gasteiger partial charge in [-0.3, -0.25) is 0 Å². The van der Waals surface area contributed by atoms with Gasteiger partial charge in [-0.2, -0.15) is 0 Å². The quantitative estimate of drug-likeness (QED) is 0.877. The Hall–Kier alpha value is -1.00. The van der Waals surface area contributed by atoms with Gasteiger partial charge in [0.2, 0.25) is 0 Å². The number of rotatable bonds is 3. The standard InChI is InChI=1S/C12H15ClFNO2/c1-6(15)12(3-4-12)9-10(14)7(13)5-8(17-2)11(9)16/h5-6,16H,3-4,15H2,1-2H3. The van der Waals surface area contributed by atoms with Crippen LogP contribution in [0.25, 0.3) is 0 Å². The zero-order chi connectivity index (χ0) is 12.8. The van der Waals surface area contributed by atoms with Crippen LogP contribution in [0.15, 0.2) is 6.07 Å². The number of hydrogen-bond acceptors (Lipinski definition) is 3. The van der Waals surface area contributed by atoms with E-state index in [2.05, 4.69) is 0 Å². The van der Waals surface area contributed by atoms with Gasteiger partial charge >= 0.3 is 0 Å². The van der Waals surface area contributed by atoms with Gasteiger partial charge in [-0.15, -0.1) is 0 Å². The molecule has 1 aromatic rings. The van der Waals surface area contributed by atoms with Crippen molar-refractivity contribution in [1.82, 2.24) is 0 Å². The second-order valence-corrected chi connectivity index (χ2v) is 4.95. The van der Waals surface area contributed by atoms with Crippen molar-refractivity contribution in [3.8, 4) is 11.5 Å². The summed E-state index contributed by atoms with van der Waals surface area (Å²) in [6, 6.07) is 1.03. The Morgan fingerprint density at radius 1 is 1.59 bits per heavy atom. The number of aromatic hydroxyl groups is 1. The van der Waals surface area contributed by atoms with Crippen LogP contribution in [0.1, 0.15) is 25.3 Å². The van der Waals surface area contributed by atoms with Gasteiger partial charge in [-0.25, -0.2) is 4.39 Å². The minimum Gasteiger partial charge on any atom is -0.504 e. The number of phenols is 1. The molecule has 1 aliphatic carbocycles. The van der Waals surface area contributed by atoms with Crippen LogP contribution in [0.5, 0.6) is 11.5 Å². The van der Waals surface area contributed by atoms with Crippen LogP contribution in [0.4, 0.5) is 4.39 Å². The van der Waals surface area contributed by atoms with Gasteiger partial charge < -0.3 is 15.6 Å². The van der Waals surface area contributed by atoms with Crippen molar-refractivity contribution in [2.75, 3.05) is 7.11 Å². The summed E-state index contributed by atoms with van der Waals surface area (Å²) in [6.45, 7) is 1.80. The van der Waals surface area contributed by atoms with Crippen molar-refractivity contribution in [3.05, 3.63) is 22.5 Å². The molecule has 0 aliphatic heterocycles. The maximum atomic E-state index is 14.1. The Bertz CT molecular complexity index is 458. The highest BCUT2D eigenvalue weighted by Crippen LogP contribution is 2.56. The van der Waals surface area contributed by atoms with Crippen LogP contribution in [0.3, 0.4) is 0 Å². The van der Waals surface area contributed by atoms with Gasteiger partial charge in [-0.1, -0.05) is 11.6 Å². The molecule has 1 atom stereocenters. The van der Waals surface area contributed by atoms with Crippen molar-refractivity contribution in [3.63, 3.8) is 0 Å². The van der Waals surface area contributed by atoms with Crippen molar-refractivity contribution < 1.29 is 14.2 Å². The fraction of sp³-hybridized carbons (Fsp3) is 0.500. The van der Waals surface area contributed by atoms with Crippen molar-refractivity contribution in [2.24, 2.45) is 5.73 Å². The van der Waals surface area contributed by atoms with Gasteiger partial charge in [0.25, 0.3) is 0 Å². The highest BCUT2D eigenvalue weighted by molar-refractivity contribution is 6.31. The van der Waals surface area contributed by atoms with Crippen LogP contribution in [-0.4, -0.2) is 18.3 Å². The summed E-state index contributed by atoms with van der Waals surface area (Å²) >= 11 is 5.80. The Balaban J connectivity index is 2.64. The van der Waals surface area contributed by atoms with Crippen molar-refractivity contribution >= 4 is 11.6 Å². The Morgan fingerprint density at radius 3 is 2.59 bits per heavy atom. The maximum Gasteiger partial charge on any atom is 0.164 e. The average Bonchev–Trinajstić information content (AvgIpc) is 3.05. The van der Waals surface area contributed by atoms with Crippen LogP contribution < -0.4 is 10.5 Å². The van der Waals surface area contributed by atoms with E-state index in [0.717, 1.165) is 12.8 Å². The Labute approximate surface area is 104 Å². The third-order valence-corrected chi connectivity index (χ3v) is 3.81. The summed E-state index contributed by atoms with van der Waals surface area (Å²) in [6.07, 6.45) is 1.50. The summed E-state index contributed by atoms with van der Waals surface area (Å²) in [5, 5.41) is 9.99. The van der Waals surface area contributed by atoms with Gasteiger partial charge in [0.15, 0.2) is 11.5 Å². The highest BCUT2D eigenvalue weighted by Gasteiger charge is 2.51. The molecule has 1 aliphatic rings. The second-order valence-electron chi connectivity index (χ2n) is 4.54. The van der Waals surface area contributed by atoms with E-state index in [1.165, 1.54) is 13.2 Å². The van der Waals surface area contributed by atoms with E-state index in [1.807, 2.05) is 0 Å². The third kappa shape index (κ3) is 1.76. The predicted octanol–water partition coefficient (Wildman–Crippen LogP) is 2.57. The van der Waals surface area contributed by atoms with E-state index < -0.39 is 11.2 Å². The SMILES string of the molecule is COc1cc(Cl)c(F)c(C2(C(C)N)CC2)c1O. The molecule has 3 N–H and O–H groups in total. The molecular weight excluding hydrogens is 245 g/mol. The molecule has 0 aromatic heterocycles. The number of benzene rings is 1. The first kappa shape index (κ1) is 12.5. The number of nitrogens with two attached hydrogens (primary N) is 1. The van der Waals surface area contributed by atoms with E-state index in [9.17, 15) is 9.50 Å². The van der Waals surface area contributed by atoms with Gasteiger partial charge in [0, 0.05) is 23.1 Å². The Kier molecular flexibility index (Phi) is 2.96. The summed E-state index contributed by atoms with van der Waals surface area (Å²) in [5.74, 6) is -0.609. The molecule has 1 saturated carbocycles. The molecule has 94 valence electrons. The molecule has 1 unspecified atom stereocenters. The molecular formula is C12H15ClFNO2. The lowest BCUT2D eigenvalue weighted by Crippen LogP contribution is -2.32. The first-order chi connectivity index (χ1) is 7.94. The lowest BCUT2D eigenvalue weighted by atomic mass is 9.88. The first-order valence-electron chi connectivity index (χ1n) is 5.45. The van der Waals surface area contributed by atoms with E-state index in [1.54, 1.807) is 6.92 Å². The zero-order valence-corrected chi connectivity index (χ0v) is 10.5. The van der Waals surface area contributed by atoms with E-state index in [0.29, 0.717) is 0 Å². The smallest absolute Gasteiger partial charge is 0.164 e. The summed E-state index contributed by atoms with van der Waals surface area (Å²) in [7, 11) is 1.40. The number of hydrogen-bond donors (Lipinski definition) is 2. The molecule has 1 aromatic carbocycles. The van der Waals surface area contributed by atoms with Crippen LogP contribution >= 0.6 is 11.6 Å². The van der Waals surface area contributed by atoms with Gasteiger partial charge in [0.05, 0.1) is 12.1 Å². The molecule has 0 bridgehead atoms. The maximum absolute atomic E-state index is 14.1. The lowest BCUT2D eigenvalue weighted by molar-refractivity contribution is 0.359. The molecule has 1 fully saturated rings. The minimum absolute atomic E-state index is 0.0541. The van der Waals surface area contributed by atoms with Crippen molar-refractivity contribution in [1.29, 1.82) is 0 Å². The molecule has 2 rings (SSSR count). The van der Waals surface area contributed by atoms with E-state index in [-0.39, 0.29) is 28.1 Å². The molecule has 0 spiro atoms. The highest BCUT2D eigenvalue weighted by atomic mass is 35.5. The van der Waals surface area contributed by atoms with Crippen LogP contribution in [-0.2, 0) is 5.41 Å². The van der Waals surface area contributed by atoms with E-state index >= 15 is 0 Å². The summed E-state index contributed by atoms with van der Waals surface area (Å²) in [5.41, 5.74) is 5.57. The summed E-state index contributed by atoms with van der Waals surface area (Å²) < 4.78 is 19.1. The summed E-state index contributed by atoms with van der Waals surface area (Å²) in [4.78, 5) is 0. The number of ether oxygens (including phenoxy) is 1. The fourth-order valence-electron chi connectivity index (χ4n) is 2.27. The Morgan fingerprint density at radius 2 is 2.18 bits per heavy atom. The molecule has 17 heavy (non-hydrogen) atoms. The minimum atomic E-state index is -0.597. The van der Waals surface area contributed by atoms with Crippen molar-refractivity contribution in [2.45, 2.75) is 31.2 Å². The predicted molar refractivity (Wildman–Crippen MR) is 64.2 cm³/mol. The largest absolute Gasteiger partial charge is 0.504 e. The first-order valence-corrected chi connectivity index (χ1v) is 5.83. The normalized spacial score (nSPS) is 18.9. The molecule has 0 radical (unpaired) electrons. The zero-order valence-electron chi connectivity index (χ0n) is 9.76. The van der Waals surface area contributed by atoms with Gasteiger partial charge in [0.1, 0.15) is 5.82 Å². The van der Waals surface area contributed by atoms with Crippen LogP contribution in [0, 0.1) is 5.82 Å².